The van der Waals surface area contributed by atoms with Gasteiger partial charge in [-0.3, -0.25) is 0 Å². The molecule has 1 heterocycles. The predicted octanol–water partition coefficient (Wildman–Crippen LogP) is 4.73. The summed E-state index contributed by atoms with van der Waals surface area (Å²) in [7, 11) is 2.07. The first-order valence-electron chi connectivity index (χ1n) is 6.54. The van der Waals surface area contributed by atoms with E-state index in [1.54, 1.807) is 11.3 Å². The molecule has 2 rings (SSSR count). The van der Waals surface area contributed by atoms with Crippen LogP contribution in [0.25, 0.3) is 0 Å². The van der Waals surface area contributed by atoms with Crippen LogP contribution in [0.2, 0.25) is 4.34 Å². The second-order valence-electron chi connectivity index (χ2n) is 5.44. The second kappa shape index (κ2) is 5.73. The molecule has 1 aromatic rings. The quantitative estimate of drug-likeness (QED) is 0.838. The minimum absolute atomic E-state index is 0.488. The highest BCUT2D eigenvalue weighted by Gasteiger charge is 2.30. The van der Waals surface area contributed by atoms with Crippen LogP contribution in [0, 0.1) is 17.8 Å². The molecule has 1 fully saturated rings. The Labute approximate surface area is 114 Å². The molecule has 1 nitrogen and oxygen atoms in total. The fraction of sp³-hybridized carbons (Fsp3) is 0.714. The summed E-state index contributed by atoms with van der Waals surface area (Å²) in [6.07, 6.45) is 4.04. The Balaban J connectivity index is 2.08. The smallest absolute Gasteiger partial charge is 0.0931 e. The summed E-state index contributed by atoms with van der Waals surface area (Å²) < 4.78 is 0.900. The van der Waals surface area contributed by atoms with Crippen molar-refractivity contribution in [1.29, 1.82) is 0 Å². The van der Waals surface area contributed by atoms with Gasteiger partial charge in [-0.25, -0.2) is 0 Å². The second-order valence-corrected chi connectivity index (χ2v) is 7.18. The average Bonchev–Trinajstić information content (AvgIpc) is 2.71. The first-order chi connectivity index (χ1) is 8.11. The van der Waals surface area contributed by atoms with Crippen LogP contribution in [0.4, 0.5) is 0 Å². The van der Waals surface area contributed by atoms with Gasteiger partial charge in [-0.05, 0) is 49.8 Å². The molecule has 1 aliphatic carbocycles. The summed E-state index contributed by atoms with van der Waals surface area (Å²) >= 11 is 7.76. The van der Waals surface area contributed by atoms with Gasteiger partial charge in [-0.1, -0.05) is 31.9 Å². The number of hydrogen-bond donors (Lipinski definition) is 1. The third kappa shape index (κ3) is 3.04. The lowest BCUT2D eigenvalue weighted by atomic mass is 9.73. The van der Waals surface area contributed by atoms with Crippen LogP contribution in [0.1, 0.15) is 44.0 Å². The normalized spacial score (nSPS) is 31.4. The molecule has 0 bridgehead atoms. The zero-order chi connectivity index (χ0) is 12.4. The molecule has 1 saturated carbocycles. The van der Waals surface area contributed by atoms with Gasteiger partial charge in [0, 0.05) is 10.9 Å². The summed E-state index contributed by atoms with van der Waals surface area (Å²) in [4.78, 5) is 1.39. The van der Waals surface area contributed by atoms with Crippen molar-refractivity contribution >= 4 is 22.9 Å². The van der Waals surface area contributed by atoms with E-state index in [1.807, 2.05) is 6.07 Å². The Bertz CT molecular complexity index is 363. The summed E-state index contributed by atoms with van der Waals surface area (Å²) in [5, 5.41) is 3.49. The van der Waals surface area contributed by atoms with Crippen molar-refractivity contribution in [3.8, 4) is 0 Å². The molecular formula is C14H22ClNS. The van der Waals surface area contributed by atoms with E-state index in [-0.39, 0.29) is 0 Å². The van der Waals surface area contributed by atoms with Crippen LogP contribution in [0.5, 0.6) is 0 Å². The molecule has 96 valence electrons. The predicted molar refractivity (Wildman–Crippen MR) is 76.8 cm³/mol. The van der Waals surface area contributed by atoms with Crippen molar-refractivity contribution in [2.24, 2.45) is 17.8 Å². The molecule has 1 aliphatic rings. The van der Waals surface area contributed by atoms with E-state index >= 15 is 0 Å². The van der Waals surface area contributed by atoms with E-state index in [4.69, 9.17) is 11.6 Å². The van der Waals surface area contributed by atoms with Crippen LogP contribution >= 0.6 is 22.9 Å². The van der Waals surface area contributed by atoms with Crippen LogP contribution in [0.3, 0.4) is 0 Å². The van der Waals surface area contributed by atoms with Gasteiger partial charge in [0.25, 0.3) is 0 Å². The number of thiophene rings is 1. The van der Waals surface area contributed by atoms with Gasteiger partial charge in [0.05, 0.1) is 4.34 Å². The molecular weight excluding hydrogens is 250 g/mol. The fourth-order valence-corrected chi connectivity index (χ4v) is 4.26. The first kappa shape index (κ1) is 13.4. The van der Waals surface area contributed by atoms with Gasteiger partial charge >= 0.3 is 0 Å². The first-order valence-corrected chi connectivity index (χ1v) is 7.73. The molecule has 4 atom stereocenters. The van der Waals surface area contributed by atoms with Crippen molar-refractivity contribution in [1.82, 2.24) is 5.32 Å². The molecule has 0 aliphatic heterocycles. The molecule has 0 radical (unpaired) electrons. The van der Waals surface area contributed by atoms with E-state index in [2.05, 4.69) is 32.3 Å². The zero-order valence-corrected chi connectivity index (χ0v) is 12.4. The van der Waals surface area contributed by atoms with Crippen molar-refractivity contribution in [3.63, 3.8) is 0 Å². The minimum atomic E-state index is 0.488. The topological polar surface area (TPSA) is 12.0 Å². The van der Waals surface area contributed by atoms with Gasteiger partial charge < -0.3 is 5.32 Å². The molecule has 0 spiro atoms. The van der Waals surface area contributed by atoms with E-state index in [9.17, 15) is 0 Å². The maximum Gasteiger partial charge on any atom is 0.0931 e. The fourth-order valence-electron chi connectivity index (χ4n) is 3.00. The summed E-state index contributed by atoms with van der Waals surface area (Å²) in [5.74, 6) is 2.50. The zero-order valence-electron chi connectivity index (χ0n) is 10.9. The maximum atomic E-state index is 6.04. The Morgan fingerprint density at radius 1 is 1.29 bits per heavy atom. The molecule has 0 saturated heterocycles. The van der Waals surface area contributed by atoms with Crippen LogP contribution in [-0.2, 0) is 0 Å². The highest BCUT2D eigenvalue weighted by molar-refractivity contribution is 7.16. The van der Waals surface area contributed by atoms with Crippen LogP contribution in [-0.4, -0.2) is 7.05 Å². The highest BCUT2D eigenvalue weighted by atomic mass is 35.5. The summed E-state index contributed by atoms with van der Waals surface area (Å²) in [6.45, 7) is 4.78. The van der Waals surface area contributed by atoms with Gasteiger partial charge in [0.1, 0.15) is 0 Å². The SMILES string of the molecule is CNC(c1ccc(Cl)s1)C1CCC(C)C(C)C1. The highest BCUT2D eigenvalue weighted by Crippen LogP contribution is 2.41. The molecule has 1 N–H and O–H groups in total. The van der Waals surface area contributed by atoms with Crippen molar-refractivity contribution < 1.29 is 0 Å². The summed E-state index contributed by atoms with van der Waals surface area (Å²) in [5.41, 5.74) is 0. The van der Waals surface area contributed by atoms with Crippen molar-refractivity contribution in [3.05, 3.63) is 21.3 Å². The van der Waals surface area contributed by atoms with Gasteiger partial charge in [-0.2, -0.15) is 0 Å². The third-order valence-electron chi connectivity index (χ3n) is 4.32. The molecule has 1 aromatic heterocycles. The Kier molecular flexibility index (Phi) is 4.51. The third-order valence-corrected chi connectivity index (χ3v) is 5.64. The largest absolute Gasteiger partial charge is 0.312 e. The molecule has 0 amide bonds. The lowest BCUT2D eigenvalue weighted by Crippen LogP contribution is -2.30. The molecule has 0 aromatic carbocycles. The molecule has 3 heteroatoms. The minimum Gasteiger partial charge on any atom is -0.312 e. The van der Waals surface area contributed by atoms with E-state index < -0.39 is 0 Å². The van der Waals surface area contributed by atoms with Gasteiger partial charge in [-0.15, -0.1) is 11.3 Å². The molecule has 17 heavy (non-hydrogen) atoms. The number of rotatable bonds is 3. The van der Waals surface area contributed by atoms with E-state index in [0.717, 1.165) is 22.1 Å². The van der Waals surface area contributed by atoms with E-state index in [0.29, 0.717) is 6.04 Å². The van der Waals surface area contributed by atoms with Crippen molar-refractivity contribution in [2.75, 3.05) is 7.05 Å². The van der Waals surface area contributed by atoms with Crippen LogP contribution in [0.15, 0.2) is 12.1 Å². The number of nitrogens with one attached hydrogen (secondary N) is 1. The molecule has 4 unspecified atom stereocenters. The Morgan fingerprint density at radius 3 is 2.59 bits per heavy atom. The average molecular weight is 272 g/mol. The summed E-state index contributed by atoms with van der Waals surface area (Å²) in [6, 6.07) is 4.68. The number of halogens is 1. The lowest BCUT2D eigenvalue weighted by Gasteiger charge is -2.36. The van der Waals surface area contributed by atoms with E-state index in [1.165, 1.54) is 24.1 Å². The van der Waals surface area contributed by atoms with Gasteiger partial charge in [0.2, 0.25) is 0 Å². The maximum absolute atomic E-state index is 6.04. The monoisotopic (exact) mass is 271 g/mol. The number of hydrogen-bond acceptors (Lipinski definition) is 2. The van der Waals surface area contributed by atoms with Crippen LogP contribution < -0.4 is 5.32 Å². The lowest BCUT2D eigenvalue weighted by molar-refractivity contribution is 0.176. The Hall–Kier alpha value is -0.0500. The Morgan fingerprint density at radius 2 is 2.06 bits per heavy atom. The van der Waals surface area contributed by atoms with Gasteiger partial charge in [0.15, 0.2) is 0 Å². The van der Waals surface area contributed by atoms with Crippen molar-refractivity contribution in [2.45, 2.75) is 39.2 Å². The standard InChI is InChI=1S/C14H22ClNS/c1-9-4-5-11(8-10(9)2)14(16-3)12-6-7-13(15)17-12/h6-7,9-11,14,16H,4-5,8H2,1-3H3.